The molecule has 2 N–H and O–H groups in total. The van der Waals surface area contributed by atoms with Gasteiger partial charge in [-0.2, -0.15) is 0 Å². The van der Waals surface area contributed by atoms with Gasteiger partial charge in [-0.15, -0.1) is 11.3 Å². The van der Waals surface area contributed by atoms with Crippen molar-refractivity contribution in [1.29, 1.82) is 0 Å². The normalized spacial score (nSPS) is 11.0. The predicted molar refractivity (Wildman–Crippen MR) is 82.9 cm³/mol. The first-order valence-corrected chi connectivity index (χ1v) is 7.29. The molecule has 0 atom stereocenters. The van der Waals surface area contributed by atoms with Crippen molar-refractivity contribution < 1.29 is 0 Å². The van der Waals surface area contributed by atoms with Gasteiger partial charge in [-0.25, -0.2) is 4.98 Å². The SMILES string of the molecule is Nc1cccc(CCc2nc3ccc(Cl)cc3s2)c1. The van der Waals surface area contributed by atoms with E-state index in [9.17, 15) is 0 Å². The van der Waals surface area contributed by atoms with Crippen LogP contribution in [0, 0.1) is 0 Å². The van der Waals surface area contributed by atoms with Gasteiger partial charge in [-0.05, 0) is 42.3 Å². The van der Waals surface area contributed by atoms with E-state index in [1.165, 1.54) is 5.56 Å². The van der Waals surface area contributed by atoms with E-state index >= 15 is 0 Å². The summed E-state index contributed by atoms with van der Waals surface area (Å²) in [4.78, 5) is 4.62. The van der Waals surface area contributed by atoms with Crippen LogP contribution in [0.4, 0.5) is 5.69 Å². The number of aromatic nitrogens is 1. The molecule has 96 valence electrons. The molecule has 0 fully saturated rings. The van der Waals surface area contributed by atoms with Crippen LogP contribution in [-0.2, 0) is 12.8 Å². The summed E-state index contributed by atoms with van der Waals surface area (Å²) < 4.78 is 1.15. The van der Waals surface area contributed by atoms with Crippen molar-refractivity contribution in [3.05, 3.63) is 58.1 Å². The van der Waals surface area contributed by atoms with Crippen LogP contribution in [0.15, 0.2) is 42.5 Å². The number of nitrogens with two attached hydrogens (primary N) is 1. The van der Waals surface area contributed by atoms with Crippen LogP contribution in [0.5, 0.6) is 0 Å². The van der Waals surface area contributed by atoms with Gasteiger partial charge < -0.3 is 5.73 Å². The van der Waals surface area contributed by atoms with E-state index < -0.39 is 0 Å². The third-order valence-corrected chi connectivity index (χ3v) is 4.29. The number of anilines is 1. The summed E-state index contributed by atoms with van der Waals surface area (Å²) in [6.07, 6.45) is 1.89. The highest BCUT2D eigenvalue weighted by atomic mass is 35.5. The van der Waals surface area contributed by atoms with Crippen molar-refractivity contribution in [2.24, 2.45) is 0 Å². The molecular formula is C15H13ClN2S. The van der Waals surface area contributed by atoms with E-state index in [1.807, 2.05) is 36.4 Å². The summed E-state index contributed by atoms with van der Waals surface area (Å²) in [7, 11) is 0. The molecule has 3 aromatic rings. The third kappa shape index (κ3) is 2.88. The Morgan fingerprint density at radius 2 is 2.00 bits per heavy atom. The average molecular weight is 289 g/mol. The predicted octanol–water partition coefficient (Wildman–Crippen LogP) is 4.32. The Kier molecular flexibility index (Phi) is 3.40. The molecule has 19 heavy (non-hydrogen) atoms. The van der Waals surface area contributed by atoms with Crippen molar-refractivity contribution in [3.63, 3.8) is 0 Å². The molecule has 2 aromatic carbocycles. The van der Waals surface area contributed by atoms with Crippen molar-refractivity contribution in [2.75, 3.05) is 5.73 Å². The summed E-state index contributed by atoms with van der Waals surface area (Å²) >= 11 is 7.69. The molecule has 0 bridgehead atoms. The zero-order valence-corrected chi connectivity index (χ0v) is 11.8. The largest absolute Gasteiger partial charge is 0.399 e. The van der Waals surface area contributed by atoms with Gasteiger partial charge in [0.25, 0.3) is 0 Å². The lowest BCUT2D eigenvalue weighted by molar-refractivity contribution is 0.949. The van der Waals surface area contributed by atoms with Crippen LogP contribution in [0.3, 0.4) is 0 Å². The Morgan fingerprint density at radius 1 is 1.11 bits per heavy atom. The van der Waals surface area contributed by atoms with Crippen LogP contribution >= 0.6 is 22.9 Å². The molecule has 0 amide bonds. The fourth-order valence-electron chi connectivity index (χ4n) is 2.05. The molecule has 0 saturated heterocycles. The molecule has 0 unspecified atom stereocenters. The maximum absolute atomic E-state index is 5.98. The summed E-state index contributed by atoms with van der Waals surface area (Å²) in [6.45, 7) is 0. The summed E-state index contributed by atoms with van der Waals surface area (Å²) in [5, 5.41) is 1.90. The highest BCUT2D eigenvalue weighted by Gasteiger charge is 2.05. The van der Waals surface area contributed by atoms with E-state index in [0.29, 0.717) is 0 Å². The van der Waals surface area contributed by atoms with E-state index in [0.717, 1.165) is 38.8 Å². The Hall–Kier alpha value is -1.58. The first-order valence-electron chi connectivity index (χ1n) is 6.10. The maximum atomic E-state index is 5.98. The Labute approximate surface area is 120 Å². The second-order valence-electron chi connectivity index (χ2n) is 4.46. The van der Waals surface area contributed by atoms with E-state index in [-0.39, 0.29) is 0 Å². The highest BCUT2D eigenvalue weighted by molar-refractivity contribution is 7.18. The zero-order chi connectivity index (χ0) is 13.2. The molecule has 0 aliphatic heterocycles. The van der Waals surface area contributed by atoms with Gasteiger partial charge in [0.05, 0.1) is 15.2 Å². The average Bonchev–Trinajstić information content (AvgIpc) is 2.78. The smallest absolute Gasteiger partial charge is 0.0941 e. The van der Waals surface area contributed by atoms with Crippen LogP contribution in [-0.4, -0.2) is 4.98 Å². The molecule has 0 radical (unpaired) electrons. The van der Waals surface area contributed by atoms with Gasteiger partial charge in [0, 0.05) is 17.1 Å². The summed E-state index contributed by atoms with van der Waals surface area (Å²) in [5.41, 5.74) is 8.86. The van der Waals surface area contributed by atoms with Gasteiger partial charge in [0.2, 0.25) is 0 Å². The van der Waals surface area contributed by atoms with Crippen LogP contribution in [0.2, 0.25) is 5.02 Å². The van der Waals surface area contributed by atoms with Crippen molar-refractivity contribution in [3.8, 4) is 0 Å². The lowest BCUT2D eigenvalue weighted by atomic mass is 10.1. The van der Waals surface area contributed by atoms with Crippen LogP contribution in [0.25, 0.3) is 10.2 Å². The molecule has 0 saturated carbocycles. The topological polar surface area (TPSA) is 38.9 Å². The van der Waals surface area contributed by atoms with Crippen molar-refractivity contribution in [1.82, 2.24) is 4.98 Å². The number of nitrogens with zero attached hydrogens (tertiary/aromatic N) is 1. The second kappa shape index (κ2) is 5.19. The number of rotatable bonds is 3. The molecule has 4 heteroatoms. The van der Waals surface area contributed by atoms with Gasteiger partial charge in [-0.1, -0.05) is 23.7 Å². The van der Waals surface area contributed by atoms with E-state index in [2.05, 4.69) is 11.1 Å². The van der Waals surface area contributed by atoms with Gasteiger partial charge in [0.1, 0.15) is 0 Å². The Morgan fingerprint density at radius 3 is 2.84 bits per heavy atom. The molecule has 2 nitrogen and oxygen atoms in total. The number of halogens is 1. The number of hydrogen-bond acceptors (Lipinski definition) is 3. The molecule has 0 aliphatic rings. The lowest BCUT2D eigenvalue weighted by Crippen LogP contribution is -1.92. The number of fused-ring (bicyclic) bond motifs is 1. The number of aryl methyl sites for hydroxylation is 2. The summed E-state index contributed by atoms with van der Waals surface area (Å²) in [5.74, 6) is 0. The lowest BCUT2D eigenvalue weighted by Gasteiger charge is -2.00. The fraction of sp³-hybridized carbons (Fsp3) is 0.133. The number of benzene rings is 2. The number of thiazole rings is 1. The molecule has 3 rings (SSSR count). The van der Waals surface area contributed by atoms with Gasteiger partial charge in [-0.3, -0.25) is 0 Å². The monoisotopic (exact) mass is 288 g/mol. The quantitative estimate of drug-likeness (QED) is 0.729. The van der Waals surface area contributed by atoms with E-state index in [1.54, 1.807) is 11.3 Å². The van der Waals surface area contributed by atoms with Crippen molar-refractivity contribution >= 4 is 38.8 Å². The number of hydrogen-bond donors (Lipinski definition) is 1. The summed E-state index contributed by atoms with van der Waals surface area (Å²) in [6, 6.07) is 13.8. The minimum Gasteiger partial charge on any atom is -0.399 e. The molecule has 1 heterocycles. The van der Waals surface area contributed by atoms with Crippen molar-refractivity contribution in [2.45, 2.75) is 12.8 Å². The Bertz CT molecular complexity index is 721. The Balaban J connectivity index is 1.78. The molecule has 0 spiro atoms. The highest BCUT2D eigenvalue weighted by Crippen LogP contribution is 2.26. The second-order valence-corrected chi connectivity index (χ2v) is 6.02. The van der Waals surface area contributed by atoms with Gasteiger partial charge in [0.15, 0.2) is 0 Å². The maximum Gasteiger partial charge on any atom is 0.0941 e. The fourth-order valence-corrected chi connectivity index (χ4v) is 3.30. The first kappa shape index (κ1) is 12.5. The molecular weight excluding hydrogens is 276 g/mol. The van der Waals surface area contributed by atoms with Crippen LogP contribution in [0.1, 0.15) is 10.6 Å². The molecule has 0 aliphatic carbocycles. The first-order chi connectivity index (χ1) is 9.20. The van der Waals surface area contributed by atoms with Gasteiger partial charge >= 0.3 is 0 Å². The van der Waals surface area contributed by atoms with E-state index in [4.69, 9.17) is 17.3 Å². The zero-order valence-electron chi connectivity index (χ0n) is 10.3. The minimum atomic E-state index is 0.763. The standard InChI is InChI=1S/C15H13ClN2S/c16-11-5-6-13-14(9-11)19-15(18-13)7-4-10-2-1-3-12(17)8-10/h1-3,5-6,8-9H,4,7,17H2. The third-order valence-electron chi connectivity index (χ3n) is 2.97. The minimum absolute atomic E-state index is 0.763. The molecule has 1 aromatic heterocycles. The van der Waals surface area contributed by atoms with Crippen LogP contribution < -0.4 is 5.73 Å². The number of nitrogen functional groups attached to an aromatic ring is 1.